The second-order valence-corrected chi connectivity index (χ2v) is 6.55. The molecule has 0 aromatic heterocycles. The molecule has 1 aliphatic rings. The largest absolute Gasteiger partial charge is 0.162 e. The van der Waals surface area contributed by atoms with E-state index in [1.54, 1.807) is 0 Å². The standard InChI is InChI=1S/C10H19BrS/c1-10(2,3)9(6-11)8-4-5-12-7-8/h8-9H,4-7H2,1-3H3. The highest BCUT2D eigenvalue weighted by atomic mass is 79.9. The second-order valence-electron chi connectivity index (χ2n) is 4.75. The molecule has 1 rings (SSSR count). The molecular formula is C10H19BrS. The van der Waals surface area contributed by atoms with E-state index in [0.717, 1.165) is 11.8 Å². The molecule has 0 aromatic rings. The molecule has 0 radical (unpaired) electrons. The lowest BCUT2D eigenvalue weighted by Crippen LogP contribution is -2.29. The summed E-state index contributed by atoms with van der Waals surface area (Å²) < 4.78 is 0. The topological polar surface area (TPSA) is 0 Å². The van der Waals surface area contributed by atoms with E-state index in [2.05, 4.69) is 48.5 Å². The molecule has 0 amide bonds. The van der Waals surface area contributed by atoms with Crippen molar-refractivity contribution in [2.45, 2.75) is 27.2 Å². The second kappa shape index (κ2) is 4.36. The molecule has 0 N–H and O–H groups in total. The van der Waals surface area contributed by atoms with Crippen molar-refractivity contribution < 1.29 is 0 Å². The molecule has 0 aromatic carbocycles. The van der Waals surface area contributed by atoms with Gasteiger partial charge in [0.25, 0.3) is 0 Å². The van der Waals surface area contributed by atoms with Gasteiger partial charge in [-0.3, -0.25) is 0 Å². The highest BCUT2D eigenvalue weighted by Gasteiger charge is 2.32. The van der Waals surface area contributed by atoms with Gasteiger partial charge in [0, 0.05) is 5.33 Å². The third-order valence-electron chi connectivity index (χ3n) is 2.81. The van der Waals surface area contributed by atoms with E-state index in [1.165, 1.54) is 23.3 Å². The zero-order chi connectivity index (χ0) is 9.19. The van der Waals surface area contributed by atoms with Crippen LogP contribution < -0.4 is 0 Å². The van der Waals surface area contributed by atoms with Crippen molar-refractivity contribution in [1.82, 2.24) is 0 Å². The molecule has 0 spiro atoms. The highest BCUT2D eigenvalue weighted by molar-refractivity contribution is 9.09. The van der Waals surface area contributed by atoms with E-state index in [1.807, 2.05) is 0 Å². The van der Waals surface area contributed by atoms with Crippen molar-refractivity contribution in [3.63, 3.8) is 0 Å². The normalized spacial score (nSPS) is 27.5. The van der Waals surface area contributed by atoms with E-state index < -0.39 is 0 Å². The van der Waals surface area contributed by atoms with Crippen LogP contribution in [0.15, 0.2) is 0 Å². The predicted octanol–water partition coefficient (Wildman–Crippen LogP) is 3.80. The fourth-order valence-electron chi connectivity index (χ4n) is 1.93. The average Bonchev–Trinajstić information content (AvgIpc) is 2.38. The van der Waals surface area contributed by atoms with Crippen molar-refractivity contribution in [2.24, 2.45) is 17.3 Å². The van der Waals surface area contributed by atoms with Crippen LogP contribution in [0.4, 0.5) is 0 Å². The number of hydrogen-bond donors (Lipinski definition) is 0. The third-order valence-corrected chi connectivity index (χ3v) is 4.70. The van der Waals surface area contributed by atoms with Gasteiger partial charge in [0.2, 0.25) is 0 Å². The van der Waals surface area contributed by atoms with E-state index >= 15 is 0 Å². The van der Waals surface area contributed by atoms with Gasteiger partial charge in [0.15, 0.2) is 0 Å². The summed E-state index contributed by atoms with van der Waals surface area (Å²) in [6.07, 6.45) is 1.43. The first-order valence-corrected chi connectivity index (χ1v) is 6.97. The lowest BCUT2D eigenvalue weighted by atomic mass is 9.74. The molecule has 1 saturated heterocycles. The van der Waals surface area contributed by atoms with Gasteiger partial charge in [-0.25, -0.2) is 0 Å². The number of hydrogen-bond acceptors (Lipinski definition) is 1. The predicted molar refractivity (Wildman–Crippen MR) is 62.2 cm³/mol. The molecule has 2 heteroatoms. The molecule has 2 atom stereocenters. The van der Waals surface area contributed by atoms with Crippen LogP contribution in [-0.4, -0.2) is 16.8 Å². The SMILES string of the molecule is CC(C)(C)C(CBr)C1CCSC1. The Hall–Kier alpha value is 0.830. The lowest BCUT2D eigenvalue weighted by molar-refractivity contribution is 0.198. The summed E-state index contributed by atoms with van der Waals surface area (Å²) in [6.45, 7) is 7.09. The summed E-state index contributed by atoms with van der Waals surface area (Å²) in [7, 11) is 0. The van der Waals surface area contributed by atoms with Crippen LogP contribution in [0.1, 0.15) is 27.2 Å². The summed E-state index contributed by atoms with van der Waals surface area (Å²) >= 11 is 5.77. The first-order valence-electron chi connectivity index (χ1n) is 4.69. The van der Waals surface area contributed by atoms with Gasteiger partial charge in [0.1, 0.15) is 0 Å². The van der Waals surface area contributed by atoms with E-state index in [4.69, 9.17) is 0 Å². The van der Waals surface area contributed by atoms with Crippen molar-refractivity contribution in [3.8, 4) is 0 Å². The van der Waals surface area contributed by atoms with Crippen molar-refractivity contribution >= 4 is 27.7 Å². The van der Waals surface area contributed by atoms with E-state index in [9.17, 15) is 0 Å². The van der Waals surface area contributed by atoms with Gasteiger partial charge >= 0.3 is 0 Å². The van der Waals surface area contributed by atoms with E-state index in [-0.39, 0.29) is 0 Å². The fourth-order valence-corrected chi connectivity index (χ4v) is 4.77. The molecule has 0 nitrogen and oxygen atoms in total. The summed E-state index contributed by atoms with van der Waals surface area (Å²) in [5.74, 6) is 4.57. The quantitative estimate of drug-likeness (QED) is 0.673. The monoisotopic (exact) mass is 250 g/mol. The maximum absolute atomic E-state index is 3.65. The minimum atomic E-state index is 0.471. The molecule has 1 fully saturated rings. The summed E-state index contributed by atoms with van der Waals surface area (Å²) in [4.78, 5) is 0. The fraction of sp³-hybridized carbons (Fsp3) is 1.00. The average molecular weight is 251 g/mol. The Morgan fingerprint density at radius 2 is 2.17 bits per heavy atom. The summed E-state index contributed by atoms with van der Waals surface area (Å²) in [5.41, 5.74) is 0.471. The maximum atomic E-state index is 3.65. The smallest absolute Gasteiger partial charge is 0.00676 e. The first-order chi connectivity index (χ1) is 5.55. The molecule has 12 heavy (non-hydrogen) atoms. The zero-order valence-corrected chi connectivity index (χ0v) is 10.7. The molecule has 0 aliphatic carbocycles. The first kappa shape index (κ1) is 10.9. The zero-order valence-electron chi connectivity index (χ0n) is 8.27. The van der Waals surface area contributed by atoms with Gasteiger partial charge in [-0.1, -0.05) is 36.7 Å². The molecule has 0 bridgehead atoms. The Kier molecular flexibility index (Phi) is 3.97. The number of thioether (sulfide) groups is 1. The molecule has 1 aliphatic heterocycles. The Balaban J connectivity index is 2.54. The van der Waals surface area contributed by atoms with Crippen LogP contribution in [0.3, 0.4) is 0 Å². The molecule has 2 unspecified atom stereocenters. The van der Waals surface area contributed by atoms with Crippen LogP contribution >= 0.6 is 27.7 Å². The molecule has 72 valence electrons. The Bertz CT molecular complexity index is 133. The highest BCUT2D eigenvalue weighted by Crippen LogP contribution is 2.40. The van der Waals surface area contributed by atoms with Gasteiger partial charge in [-0.05, 0) is 35.2 Å². The van der Waals surface area contributed by atoms with Crippen LogP contribution in [0.25, 0.3) is 0 Å². The molecule has 1 heterocycles. The van der Waals surface area contributed by atoms with Crippen LogP contribution in [0.2, 0.25) is 0 Å². The van der Waals surface area contributed by atoms with Crippen LogP contribution in [0.5, 0.6) is 0 Å². The van der Waals surface area contributed by atoms with Crippen molar-refractivity contribution in [2.75, 3.05) is 16.8 Å². The number of rotatable bonds is 2. The molecule has 0 saturated carbocycles. The summed E-state index contributed by atoms with van der Waals surface area (Å²) in [6, 6.07) is 0. The minimum Gasteiger partial charge on any atom is -0.162 e. The van der Waals surface area contributed by atoms with Crippen molar-refractivity contribution in [3.05, 3.63) is 0 Å². The Labute approximate surface area is 89.0 Å². The number of alkyl halides is 1. The van der Waals surface area contributed by atoms with Crippen LogP contribution in [-0.2, 0) is 0 Å². The van der Waals surface area contributed by atoms with Gasteiger partial charge in [-0.2, -0.15) is 11.8 Å². The maximum Gasteiger partial charge on any atom is 0.00676 e. The molecular weight excluding hydrogens is 232 g/mol. The lowest BCUT2D eigenvalue weighted by Gasteiger charge is -2.33. The third kappa shape index (κ3) is 2.66. The van der Waals surface area contributed by atoms with Crippen LogP contribution in [0, 0.1) is 17.3 Å². The Morgan fingerprint density at radius 1 is 1.50 bits per heavy atom. The van der Waals surface area contributed by atoms with Gasteiger partial charge in [0.05, 0.1) is 0 Å². The minimum absolute atomic E-state index is 0.471. The van der Waals surface area contributed by atoms with Gasteiger partial charge < -0.3 is 0 Å². The number of halogens is 1. The van der Waals surface area contributed by atoms with Gasteiger partial charge in [-0.15, -0.1) is 0 Å². The summed E-state index contributed by atoms with van der Waals surface area (Å²) in [5, 5.41) is 1.17. The van der Waals surface area contributed by atoms with E-state index in [0.29, 0.717) is 5.41 Å². The van der Waals surface area contributed by atoms with Crippen molar-refractivity contribution in [1.29, 1.82) is 0 Å². The Morgan fingerprint density at radius 3 is 2.50 bits per heavy atom.